The number of aliphatic carboxylic acids is 4. The van der Waals surface area contributed by atoms with Crippen LogP contribution in [0.5, 0.6) is 0 Å². The first-order valence-corrected chi connectivity index (χ1v) is 47.5. The third-order valence-corrected chi connectivity index (χ3v) is 30.9. The third-order valence-electron chi connectivity index (χ3n) is 29.9. The van der Waals surface area contributed by atoms with Crippen LogP contribution in [0.25, 0.3) is 44.0 Å². The Morgan fingerprint density at radius 2 is 0.758 bits per heavy atom. The zero-order valence-electron chi connectivity index (χ0n) is 73.3. The summed E-state index contributed by atoms with van der Waals surface area (Å²) in [7, 11) is 0. The summed E-state index contributed by atoms with van der Waals surface area (Å²) in [5.74, 6) is -7.71. The predicted octanol–water partition coefficient (Wildman–Crippen LogP) is 19.7. The number of benzene rings is 4. The van der Waals surface area contributed by atoms with Gasteiger partial charge in [-0.15, -0.1) is 11.3 Å². The van der Waals surface area contributed by atoms with Crippen LogP contribution in [-0.2, 0) is 38.4 Å². The maximum absolute atomic E-state index is 14.8. The topological polar surface area (TPSA) is 332 Å². The summed E-state index contributed by atoms with van der Waals surface area (Å²) in [5, 5.41) is 42.8. The number of aromatic amines is 4. The van der Waals surface area contributed by atoms with Gasteiger partial charge < -0.3 is 60.0 Å². The number of fused-ring (bicyclic) bond motifs is 8. The molecule has 132 heavy (non-hydrogen) atoms. The van der Waals surface area contributed by atoms with Crippen LogP contribution in [0.1, 0.15) is 222 Å². The number of thiophene rings is 1. The Morgan fingerprint density at radius 3 is 1.18 bits per heavy atom. The maximum atomic E-state index is 14.8. The molecule has 690 valence electrons. The maximum Gasteiger partial charge on any atom is 0.308 e. The van der Waals surface area contributed by atoms with Gasteiger partial charge >= 0.3 is 23.9 Å². The monoisotopic (exact) mass is 1820 g/mol. The Hall–Kier alpha value is -12.4. The zero-order chi connectivity index (χ0) is 92.0. The molecule has 8 aromatic heterocycles. The molecule has 4 amide bonds. The number of hydrogen-bond acceptors (Lipinski definition) is 12. The number of H-pyrrole nitrogens is 4. The molecule has 8 aliphatic rings. The molecule has 0 spiro atoms. The number of nitrogens with one attached hydrogen (secondary N) is 4. The fourth-order valence-corrected chi connectivity index (χ4v) is 24.5. The second-order valence-electron chi connectivity index (χ2n) is 37.1. The van der Waals surface area contributed by atoms with Crippen molar-refractivity contribution < 1.29 is 80.7 Å². The number of rotatable bonds is 20. The van der Waals surface area contributed by atoms with Crippen LogP contribution in [0.3, 0.4) is 0 Å². The van der Waals surface area contributed by atoms with E-state index >= 15 is 0 Å². The van der Waals surface area contributed by atoms with Crippen LogP contribution in [0.2, 0.25) is 0 Å². The lowest BCUT2D eigenvalue weighted by Gasteiger charge is -2.47. The molecule has 0 radical (unpaired) electrons. The van der Waals surface area contributed by atoms with Gasteiger partial charge in [0, 0.05) is 159 Å². The van der Waals surface area contributed by atoms with E-state index in [-0.39, 0.29) is 157 Å². The molecule has 4 aliphatic heterocycles. The minimum Gasteiger partial charge on any atom is -0.481 e. The lowest BCUT2D eigenvalue weighted by atomic mass is 9.71. The molecule has 8 fully saturated rings. The highest BCUT2D eigenvalue weighted by Gasteiger charge is 2.49. The van der Waals surface area contributed by atoms with Crippen LogP contribution in [0.4, 0.5) is 22.0 Å². The number of carboxylic acid groups (broad SMARTS) is 4. The lowest BCUT2D eigenvalue weighted by Crippen LogP contribution is -2.54. The van der Waals surface area contributed by atoms with Crippen molar-refractivity contribution in [2.75, 3.05) is 26.2 Å². The van der Waals surface area contributed by atoms with Gasteiger partial charge in [0.1, 0.15) is 46.0 Å². The van der Waals surface area contributed by atoms with Gasteiger partial charge in [0.15, 0.2) is 0 Å². The Balaban J connectivity index is 0.000000123. The van der Waals surface area contributed by atoms with Crippen LogP contribution >= 0.6 is 11.3 Å². The number of carbonyl (C=O) groups is 8. The van der Waals surface area contributed by atoms with Gasteiger partial charge in [0.2, 0.25) is 23.6 Å². The first-order valence-electron chi connectivity index (χ1n) is 46.6. The Kier molecular flexibility index (Phi) is 28.3. The van der Waals surface area contributed by atoms with Crippen LogP contribution < -0.4 is 0 Å². The van der Waals surface area contributed by atoms with Crippen molar-refractivity contribution in [2.24, 2.45) is 47.3 Å². The molecular formula is C103H110F5N11O12S. The number of halogens is 5. The highest BCUT2D eigenvalue weighted by atomic mass is 32.1. The number of carbonyl (C=O) groups excluding carboxylic acids is 4. The molecule has 8 N–H and O–H groups in total. The van der Waals surface area contributed by atoms with Gasteiger partial charge in [0.05, 0.1) is 39.8 Å². The molecule has 4 aromatic carbocycles. The molecule has 4 saturated heterocycles. The summed E-state index contributed by atoms with van der Waals surface area (Å²) in [6.45, 7) is 1.62. The van der Waals surface area contributed by atoms with E-state index in [4.69, 9.17) is 0 Å². The molecule has 12 heterocycles. The fourth-order valence-electron chi connectivity index (χ4n) is 23.6. The second-order valence-corrected chi connectivity index (χ2v) is 38.0. The van der Waals surface area contributed by atoms with Crippen molar-refractivity contribution in [3.05, 3.63) is 255 Å². The SMILES string of the molecule is O=C(O)C1CC2CCCCC2N(C(=O)CC(c2ccccc2)c2c[nH]c3cc(F)ccc23)C1.O=C(O)C1CCN(C(=O)CC(c2ccc(F)cc2)c2c[nH]c3nccc(F)c23)C2CCCCC12.O=C(O)C1CCN(C(=O)CC(c2ccccc2)c2c[nH]c3nccc(F)c23)C2CCCCC12.O=C(O)C1CCN(C(=O)CC(c2cccs2)c2c[nH]c3nccc(F)c23)C2CCCCC12. The van der Waals surface area contributed by atoms with E-state index in [0.717, 1.165) is 141 Å². The fraction of sp³-hybridized carbons (Fsp3) is 0.427. The number of nitrogens with zero attached hydrogens (tertiary/aromatic N) is 7. The number of amides is 4. The number of hydrogen-bond donors (Lipinski definition) is 8. The molecule has 20 rings (SSSR count). The molecule has 12 aromatic rings. The number of aromatic nitrogens is 7. The van der Waals surface area contributed by atoms with E-state index < -0.39 is 47.4 Å². The summed E-state index contributed by atoms with van der Waals surface area (Å²) in [6.07, 6.45) is 29.3. The summed E-state index contributed by atoms with van der Waals surface area (Å²) >= 11 is 1.55. The second kappa shape index (κ2) is 40.8. The molecule has 29 heteroatoms. The summed E-state index contributed by atoms with van der Waals surface area (Å²) in [4.78, 5) is 135. The minimum atomic E-state index is -0.810. The van der Waals surface area contributed by atoms with Gasteiger partial charge in [-0.1, -0.05) is 130 Å². The van der Waals surface area contributed by atoms with Gasteiger partial charge in [-0.25, -0.2) is 36.9 Å². The van der Waals surface area contributed by atoms with Crippen LogP contribution in [-0.4, -0.2) is 173 Å². The Bertz CT molecular complexity index is 6130. The molecule has 0 bridgehead atoms. The normalized spacial score (nSPS) is 23.8. The first kappa shape index (κ1) is 91.5. The van der Waals surface area contributed by atoms with E-state index in [1.807, 2.05) is 104 Å². The zero-order valence-corrected chi connectivity index (χ0v) is 74.2. The summed E-state index contributed by atoms with van der Waals surface area (Å²) in [6, 6.07) is 38.1. The molecule has 23 nitrogen and oxygen atoms in total. The largest absolute Gasteiger partial charge is 0.481 e. The van der Waals surface area contributed by atoms with E-state index in [9.17, 15) is 80.7 Å². The minimum absolute atomic E-state index is 0.00293. The average Bonchev–Trinajstić information content (AvgIpc) is 1.66. The van der Waals surface area contributed by atoms with Gasteiger partial charge in [-0.2, -0.15) is 0 Å². The highest BCUT2D eigenvalue weighted by molar-refractivity contribution is 7.10. The van der Waals surface area contributed by atoms with Crippen molar-refractivity contribution in [3.8, 4) is 0 Å². The average molecular weight is 1820 g/mol. The van der Waals surface area contributed by atoms with E-state index in [2.05, 4.69) is 34.9 Å². The van der Waals surface area contributed by atoms with E-state index in [0.29, 0.717) is 95.1 Å². The van der Waals surface area contributed by atoms with E-state index in [1.165, 1.54) is 61.1 Å². The molecular weight excluding hydrogens is 1710 g/mol. The summed E-state index contributed by atoms with van der Waals surface area (Å²) < 4.78 is 71.7. The van der Waals surface area contributed by atoms with Crippen LogP contribution in [0.15, 0.2) is 182 Å². The first-order chi connectivity index (χ1) is 64.0. The van der Waals surface area contributed by atoms with Crippen molar-refractivity contribution in [2.45, 2.75) is 202 Å². The van der Waals surface area contributed by atoms with Gasteiger partial charge in [-0.05, 0) is 200 Å². The number of likely N-dealkylation sites (tertiary alicyclic amines) is 4. The van der Waals surface area contributed by atoms with Crippen molar-refractivity contribution >= 4 is 103 Å². The number of carboxylic acids is 4. The third kappa shape index (κ3) is 19.5. The quantitative estimate of drug-likeness (QED) is 0.0329. The molecule has 4 aliphatic carbocycles. The Morgan fingerprint density at radius 1 is 0.379 bits per heavy atom. The summed E-state index contributed by atoms with van der Waals surface area (Å²) in [5.41, 5.74) is 7.71. The predicted molar refractivity (Wildman–Crippen MR) is 489 cm³/mol. The number of pyridine rings is 3. The number of piperidine rings is 4. The lowest BCUT2D eigenvalue weighted by molar-refractivity contribution is -0.153. The van der Waals surface area contributed by atoms with Gasteiger partial charge in [-0.3, -0.25) is 38.4 Å². The van der Waals surface area contributed by atoms with Gasteiger partial charge in [0.25, 0.3) is 0 Å². The van der Waals surface area contributed by atoms with Crippen molar-refractivity contribution in [1.82, 2.24) is 54.5 Å². The molecule has 16 unspecified atom stereocenters. The molecule has 4 saturated carbocycles. The van der Waals surface area contributed by atoms with Crippen LogP contribution in [0, 0.1) is 76.4 Å². The van der Waals surface area contributed by atoms with Crippen molar-refractivity contribution in [3.63, 3.8) is 0 Å². The standard InChI is InChI=1S/C27H29FN2O3.C26H27F2N3O3.C26H28FN3O3.C24H26FN3O3S/c28-20-10-11-21-23(15-29-24(21)13-20)22(17-6-2-1-3-7-17)14-26(31)30-16-19(27(32)33)12-18-8-4-5-9-25(18)30;27-16-7-5-15(6-8-16)19(20-14-30-25-24(20)21(28)9-11-29-25)13-23(32)31-12-10-18(26(33)34)17-3-1-2-4-22(17)31;27-21-10-12-28-25-24(21)20(15-29-25)19(16-6-2-1-3-7-16)14-23(31)30-13-11-18(26(32)33)17-8-4-5-9-22(17)30;25-18-7-9-26-23-22(18)17(13-27-23)16(20-6-3-11-32-20)12-21(29)28-10-8-15(24(30)31)14-4-1-2-5-19(14)28/h1-3,6-7,10-11,13,15,18-19,22,25,29H,4-5,8-9,12,14,16H2,(H,32,33);5-9,11,14,17-19,22H,1-4,10,12-13H2,(H,29,30)(H,33,34);1-3,6-7,10,12,15,17-19,22H,4-5,8-9,11,13-14H2,(H,28,29)(H,32,33);3,6-7,9,11,13-16,19H,1-2,4-5,8,10,12H2,(H,26,27)(H,30,31). The van der Waals surface area contributed by atoms with E-state index in [1.54, 1.807) is 48.1 Å². The smallest absolute Gasteiger partial charge is 0.308 e. The van der Waals surface area contributed by atoms with Crippen molar-refractivity contribution in [1.29, 1.82) is 0 Å². The Labute approximate surface area is 764 Å². The highest BCUT2D eigenvalue weighted by Crippen LogP contribution is 2.48. The molecule has 16 atom stereocenters.